The quantitative estimate of drug-likeness (QED) is 0.746. The third-order valence-electron chi connectivity index (χ3n) is 2.84. The predicted octanol–water partition coefficient (Wildman–Crippen LogP) is 0.0963. The fourth-order valence-electron chi connectivity index (χ4n) is 1.77. The molecule has 2 heterocycles. The SMILES string of the molecule is Cn1cc(OCCN2CCOCC2)ccc1=O. The van der Waals surface area contributed by atoms with E-state index in [1.165, 1.54) is 10.6 Å². The zero-order valence-electron chi connectivity index (χ0n) is 10.1. The first-order valence-electron chi connectivity index (χ1n) is 5.85. The van der Waals surface area contributed by atoms with Crippen LogP contribution in [0.3, 0.4) is 0 Å². The maximum absolute atomic E-state index is 11.2. The summed E-state index contributed by atoms with van der Waals surface area (Å²) < 4.78 is 12.4. The van der Waals surface area contributed by atoms with Gasteiger partial charge in [0.15, 0.2) is 0 Å². The lowest BCUT2D eigenvalue weighted by Crippen LogP contribution is -2.38. The maximum atomic E-state index is 11.2. The molecule has 1 saturated heterocycles. The lowest BCUT2D eigenvalue weighted by atomic mass is 10.4. The van der Waals surface area contributed by atoms with Crippen molar-refractivity contribution in [1.82, 2.24) is 9.47 Å². The summed E-state index contributed by atoms with van der Waals surface area (Å²) in [5.41, 5.74) is -0.0227. The second-order valence-corrected chi connectivity index (χ2v) is 4.12. The summed E-state index contributed by atoms with van der Waals surface area (Å²) in [4.78, 5) is 13.5. The summed E-state index contributed by atoms with van der Waals surface area (Å²) in [5, 5.41) is 0. The van der Waals surface area contributed by atoms with Crippen LogP contribution in [-0.2, 0) is 11.8 Å². The molecule has 0 saturated carbocycles. The van der Waals surface area contributed by atoms with E-state index in [0.717, 1.165) is 38.6 Å². The molecular weight excluding hydrogens is 220 g/mol. The van der Waals surface area contributed by atoms with Gasteiger partial charge in [-0.1, -0.05) is 0 Å². The molecule has 1 aromatic heterocycles. The molecule has 1 aromatic rings. The highest BCUT2D eigenvalue weighted by Crippen LogP contribution is 2.06. The predicted molar refractivity (Wildman–Crippen MR) is 64.4 cm³/mol. The van der Waals surface area contributed by atoms with Crippen molar-refractivity contribution in [3.63, 3.8) is 0 Å². The Morgan fingerprint density at radius 1 is 1.35 bits per heavy atom. The molecule has 0 aliphatic carbocycles. The minimum Gasteiger partial charge on any atom is -0.491 e. The van der Waals surface area contributed by atoms with E-state index in [1.54, 1.807) is 19.3 Å². The average Bonchev–Trinajstić information content (AvgIpc) is 2.35. The van der Waals surface area contributed by atoms with Crippen LogP contribution in [0.2, 0.25) is 0 Å². The van der Waals surface area contributed by atoms with Gasteiger partial charge in [0.25, 0.3) is 0 Å². The van der Waals surface area contributed by atoms with Gasteiger partial charge >= 0.3 is 0 Å². The fourth-order valence-corrected chi connectivity index (χ4v) is 1.77. The summed E-state index contributed by atoms with van der Waals surface area (Å²) in [6.07, 6.45) is 1.71. The van der Waals surface area contributed by atoms with Gasteiger partial charge in [-0.15, -0.1) is 0 Å². The standard InChI is InChI=1S/C12H18N2O3/c1-13-10-11(2-3-12(13)15)17-9-6-14-4-7-16-8-5-14/h2-3,10H,4-9H2,1H3. The number of aromatic nitrogens is 1. The first kappa shape index (κ1) is 12.1. The smallest absolute Gasteiger partial charge is 0.250 e. The Labute approximate surface area is 101 Å². The Hall–Kier alpha value is -1.33. The summed E-state index contributed by atoms with van der Waals surface area (Å²) in [6, 6.07) is 3.23. The molecule has 1 aliphatic heterocycles. The zero-order chi connectivity index (χ0) is 12.1. The Balaban J connectivity index is 1.77. The van der Waals surface area contributed by atoms with Crippen molar-refractivity contribution >= 4 is 0 Å². The van der Waals surface area contributed by atoms with Crippen LogP contribution in [0.5, 0.6) is 5.75 Å². The summed E-state index contributed by atoms with van der Waals surface area (Å²) >= 11 is 0. The molecule has 17 heavy (non-hydrogen) atoms. The van der Waals surface area contributed by atoms with Crippen molar-refractivity contribution in [2.75, 3.05) is 39.5 Å². The van der Waals surface area contributed by atoms with E-state index in [0.29, 0.717) is 6.61 Å². The van der Waals surface area contributed by atoms with Crippen LogP contribution < -0.4 is 10.3 Å². The molecule has 2 rings (SSSR count). The highest BCUT2D eigenvalue weighted by molar-refractivity contribution is 5.16. The van der Waals surface area contributed by atoms with Gasteiger partial charge in [0.2, 0.25) is 5.56 Å². The lowest BCUT2D eigenvalue weighted by molar-refractivity contribution is 0.0322. The Kier molecular flexibility index (Phi) is 4.17. The first-order valence-corrected chi connectivity index (χ1v) is 5.85. The molecule has 0 aromatic carbocycles. The monoisotopic (exact) mass is 238 g/mol. The van der Waals surface area contributed by atoms with E-state index >= 15 is 0 Å². The van der Waals surface area contributed by atoms with Crippen LogP contribution in [-0.4, -0.2) is 48.9 Å². The van der Waals surface area contributed by atoms with Crippen molar-refractivity contribution < 1.29 is 9.47 Å². The van der Waals surface area contributed by atoms with E-state index in [1.807, 2.05) is 0 Å². The number of pyridine rings is 1. The molecule has 0 spiro atoms. The van der Waals surface area contributed by atoms with Crippen molar-refractivity contribution in [3.05, 3.63) is 28.7 Å². The van der Waals surface area contributed by atoms with Crippen LogP contribution in [0.4, 0.5) is 0 Å². The normalized spacial score (nSPS) is 17.0. The van der Waals surface area contributed by atoms with E-state index < -0.39 is 0 Å². The van der Waals surface area contributed by atoms with Gasteiger partial charge in [-0.05, 0) is 6.07 Å². The van der Waals surface area contributed by atoms with Crippen LogP contribution in [0, 0.1) is 0 Å². The number of aryl methyl sites for hydroxylation is 1. The molecule has 94 valence electrons. The Morgan fingerprint density at radius 3 is 2.82 bits per heavy atom. The number of nitrogens with zero attached hydrogens (tertiary/aromatic N) is 2. The van der Waals surface area contributed by atoms with Gasteiger partial charge in [-0.2, -0.15) is 0 Å². The second kappa shape index (κ2) is 5.84. The van der Waals surface area contributed by atoms with E-state index in [-0.39, 0.29) is 5.56 Å². The van der Waals surface area contributed by atoms with Crippen molar-refractivity contribution in [3.8, 4) is 5.75 Å². The van der Waals surface area contributed by atoms with Gasteiger partial charge < -0.3 is 14.0 Å². The van der Waals surface area contributed by atoms with Gasteiger partial charge in [-0.25, -0.2) is 0 Å². The topological polar surface area (TPSA) is 43.7 Å². The minimum atomic E-state index is -0.0227. The molecule has 1 aliphatic rings. The van der Waals surface area contributed by atoms with Crippen LogP contribution in [0.1, 0.15) is 0 Å². The summed E-state index contributed by atoms with van der Waals surface area (Å²) in [6.45, 7) is 5.08. The molecule has 0 radical (unpaired) electrons. The minimum absolute atomic E-state index is 0.0227. The highest BCUT2D eigenvalue weighted by Gasteiger charge is 2.09. The number of morpholine rings is 1. The fraction of sp³-hybridized carbons (Fsp3) is 0.583. The Bertz CT molecular complexity index is 410. The molecule has 0 N–H and O–H groups in total. The molecule has 0 unspecified atom stereocenters. The first-order chi connectivity index (χ1) is 8.25. The third kappa shape index (κ3) is 3.57. The average molecular weight is 238 g/mol. The van der Waals surface area contributed by atoms with Gasteiger partial charge in [0, 0.05) is 38.9 Å². The molecule has 5 nitrogen and oxygen atoms in total. The van der Waals surface area contributed by atoms with Crippen molar-refractivity contribution in [1.29, 1.82) is 0 Å². The van der Waals surface area contributed by atoms with E-state index in [2.05, 4.69) is 4.90 Å². The largest absolute Gasteiger partial charge is 0.491 e. The van der Waals surface area contributed by atoms with Crippen molar-refractivity contribution in [2.45, 2.75) is 0 Å². The lowest BCUT2D eigenvalue weighted by Gasteiger charge is -2.26. The highest BCUT2D eigenvalue weighted by atomic mass is 16.5. The van der Waals surface area contributed by atoms with Gasteiger partial charge in [0.1, 0.15) is 12.4 Å². The molecule has 1 fully saturated rings. The van der Waals surface area contributed by atoms with Gasteiger partial charge in [-0.3, -0.25) is 9.69 Å². The molecule has 0 atom stereocenters. The molecule has 5 heteroatoms. The molecule has 0 bridgehead atoms. The third-order valence-corrected chi connectivity index (χ3v) is 2.84. The number of ether oxygens (including phenoxy) is 2. The van der Waals surface area contributed by atoms with Crippen LogP contribution in [0.15, 0.2) is 23.1 Å². The molecular formula is C12H18N2O3. The second-order valence-electron chi connectivity index (χ2n) is 4.12. The summed E-state index contributed by atoms with van der Waals surface area (Å²) in [5.74, 6) is 0.736. The van der Waals surface area contributed by atoms with E-state index in [9.17, 15) is 4.79 Å². The maximum Gasteiger partial charge on any atom is 0.250 e. The van der Waals surface area contributed by atoms with Crippen LogP contribution >= 0.6 is 0 Å². The molecule has 0 amide bonds. The van der Waals surface area contributed by atoms with Gasteiger partial charge in [0.05, 0.1) is 13.2 Å². The number of rotatable bonds is 4. The number of hydrogen-bond acceptors (Lipinski definition) is 4. The number of hydrogen-bond donors (Lipinski definition) is 0. The Morgan fingerprint density at radius 2 is 2.12 bits per heavy atom. The van der Waals surface area contributed by atoms with E-state index in [4.69, 9.17) is 9.47 Å². The zero-order valence-corrected chi connectivity index (χ0v) is 10.1. The van der Waals surface area contributed by atoms with Crippen LogP contribution in [0.25, 0.3) is 0 Å². The van der Waals surface area contributed by atoms with Crippen molar-refractivity contribution in [2.24, 2.45) is 7.05 Å². The summed E-state index contributed by atoms with van der Waals surface area (Å²) in [7, 11) is 1.72.